The van der Waals surface area contributed by atoms with Gasteiger partial charge < -0.3 is 0 Å². The molecule has 0 spiro atoms. The summed E-state index contributed by atoms with van der Waals surface area (Å²) in [4.78, 5) is 3.76. The molecule has 2 aromatic rings. The highest BCUT2D eigenvalue weighted by Gasteiger charge is 2.14. The van der Waals surface area contributed by atoms with Crippen LogP contribution in [0.4, 0.5) is 0 Å². The molecule has 2 heterocycles. The largest absolute Gasteiger partial charge is 0.264 e. The first-order chi connectivity index (χ1) is 6.89. The van der Waals surface area contributed by atoms with Gasteiger partial charge in [-0.25, -0.2) is 17.9 Å². The van der Waals surface area contributed by atoms with Crippen LogP contribution in [0.15, 0.2) is 17.3 Å². The Bertz CT molecular complexity index is 635. The maximum absolute atomic E-state index is 11.0. The molecule has 0 bridgehead atoms. The number of halogens is 2. The molecule has 0 aromatic carbocycles. The van der Waals surface area contributed by atoms with Gasteiger partial charge in [0.25, 0.3) is 9.05 Å². The first-order valence-corrected chi connectivity index (χ1v) is 6.53. The van der Waals surface area contributed by atoms with E-state index in [4.69, 9.17) is 22.3 Å². The van der Waals surface area contributed by atoms with Crippen LogP contribution in [-0.2, 0) is 9.05 Å². The van der Waals surface area contributed by atoms with Gasteiger partial charge in [0, 0.05) is 10.7 Å². The molecule has 0 saturated carbocycles. The molecular formula is C7H5Cl2N3O2S. The molecule has 0 saturated heterocycles. The lowest BCUT2D eigenvalue weighted by molar-refractivity contribution is 0.608. The van der Waals surface area contributed by atoms with Crippen LogP contribution in [0.5, 0.6) is 0 Å². The minimum Gasteiger partial charge on any atom is -0.234 e. The van der Waals surface area contributed by atoms with Gasteiger partial charge in [-0.05, 0) is 6.92 Å². The molecule has 0 fully saturated rings. The molecule has 0 unspecified atom stereocenters. The van der Waals surface area contributed by atoms with Crippen molar-refractivity contribution in [2.45, 2.75) is 11.8 Å². The summed E-state index contributed by atoms with van der Waals surface area (Å²) in [6, 6.07) is 0. The zero-order valence-corrected chi connectivity index (χ0v) is 9.81. The van der Waals surface area contributed by atoms with Crippen molar-refractivity contribution in [2.75, 3.05) is 0 Å². The van der Waals surface area contributed by atoms with Crippen LogP contribution in [-0.4, -0.2) is 23.0 Å². The highest BCUT2D eigenvalue weighted by molar-refractivity contribution is 8.13. The lowest BCUT2D eigenvalue weighted by Gasteiger charge is -1.96. The summed E-state index contributed by atoms with van der Waals surface area (Å²) < 4.78 is 23.3. The summed E-state index contributed by atoms with van der Waals surface area (Å²) in [6.07, 6.45) is 2.41. The SMILES string of the molecule is Cc1nn2cc(S(=O)(=O)Cl)cnc2c1Cl. The number of hydrogen-bond acceptors (Lipinski definition) is 4. The number of hydrogen-bond donors (Lipinski definition) is 0. The van der Waals surface area contributed by atoms with Crippen LogP contribution >= 0.6 is 22.3 Å². The van der Waals surface area contributed by atoms with Gasteiger partial charge in [0.05, 0.1) is 18.1 Å². The second kappa shape index (κ2) is 3.33. The van der Waals surface area contributed by atoms with E-state index >= 15 is 0 Å². The summed E-state index contributed by atoms with van der Waals surface area (Å²) in [6.45, 7) is 1.70. The highest BCUT2D eigenvalue weighted by Crippen LogP contribution is 2.21. The standard InChI is InChI=1S/C7H5Cl2N3O2S/c1-4-6(8)7-10-2-5(15(9,13)14)3-12(7)11-4/h2-3H,1H3. The third kappa shape index (κ3) is 1.80. The van der Waals surface area contributed by atoms with Gasteiger partial charge in [0.15, 0.2) is 5.65 Å². The van der Waals surface area contributed by atoms with Crippen LogP contribution in [0.2, 0.25) is 5.02 Å². The fourth-order valence-electron chi connectivity index (χ4n) is 1.13. The van der Waals surface area contributed by atoms with E-state index in [1.165, 1.54) is 10.7 Å². The second-order valence-corrected chi connectivity index (χ2v) is 5.84. The molecule has 5 nitrogen and oxygen atoms in total. The van der Waals surface area contributed by atoms with Crippen LogP contribution in [0.1, 0.15) is 5.69 Å². The summed E-state index contributed by atoms with van der Waals surface area (Å²) in [5.74, 6) is 0. The van der Waals surface area contributed by atoms with Crippen molar-refractivity contribution in [2.24, 2.45) is 0 Å². The van der Waals surface area contributed by atoms with E-state index in [2.05, 4.69) is 10.1 Å². The Labute approximate surface area is 95.1 Å². The molecule has 0 aliphatic rings. The van der Waals surface area contributed by atoms with Crippen molar-refractivity contribution in [3.05, 3.63) is 23.1 Å². The Morgan fingerprint density at radius 1 is 1.47 bits per heavy atom. The lowest BCUT2D eigenvalue weighted by atomic mass is 10.5. The highest BCUT2D eigenvalue weighted by atomic mass is 35.7. The smallest absolute Gasteiger partial charge is 0.234 e. The van der Waals surface area contributed by atoms with Gasteiger partial charge in [-0.15, -0.1) is 0 Å². The molecule has 8 heteroatoms. The topological polar surface area (TPSA) is 64.3 Å². The first-order valence-electron chi connectivity index (χ1n) is 3.85. The molecule has 15 heavy (non-hydrogen) atoms. The number of aryl methyl sites for hydroxylation is 1. The normalized spacial score (nSPS) is 12.2. The minimum absolute atomic E-state index is 0.115. The van der Waals surface area contributed by atoms with E-state index < -0.39 is 9.05 Å². The molecule has 2 rings (SSSR count). The lowest BCUT2D eigenvalue weighted by Crippen LogP contribution is -1.97. The van der Waals surface area contributed by atoms with Crippen LogP contribution in [0, 0.1) is 6.92 Å². The first kappa shape index (κ1) is 10.7. The third-order valence-electron chi connectivity index (χ3n) is 1.83. The van der Waals surface area contributed by atoms with Gasteiger partial charge in [0.2, 0.25) is 0 Å². The third-order valence-corrected chi connectivity index (χ3v) is 3.58. The van der Waals surface area contributed by atoms with Crippen molar-refractivity contribution < 1.29 is 8.42 Å². The van der Waals surface area contributed by atoms with E-state index in [1.54, 1.807) is 6.92 Å². The van der Waals surface area contributed by atoms with Gasteiger partial charge in [-0.2, -0.15) is 5.10 Å². The van der Waals surface area contributed by atoms with Gasteiger partial charge in [-0.3, -0.25) is 0 Å². The van der Waals surface area contributed by atoms with E-state index in [1.807, 2.05) is 0 Å². The molecule has 0 amide bonds. The van der Waals surface area contributed by atoms with E-state index in [0.29, 0.717) is 16.4 Å². The molecule has 0 atom stereocenters. The second-order valence-electron chi connectivity index (χ2n) is 2.90. The van der Waals surface area contributed by atoms with Crippen LogP contribution in [0.3, 0.4) is 0 Å². The molecule has 80 valence electrons. The Kier molecular flexibility index (Phi) is 2.37. The number of rotatable bonds is 1. The number of fused-ring (bicyclic) bond motifs is 1. The van der Waals surface area contributed by atoms with Crippen LogP contribution in [0.25, 0.3) is 5.65 Å². The predicted octanol–water partition coefficient (Wildman–Crippen LogP) is 1.62. The maximum atomic E-state index is 11.0. The number of aromatic nitrogens is 3. The van der Waals surface area contributed by atoms with Crippen LogP contribution < -0.4 is 0 Å². The minimum atomic E-state index is -3.79. The fraction of sp³-hybridized carbons (Fsp3) is 0.143. The van der Waals surface area contributed by atoms with Gasteiger partial charge in [0.1, 0.15) is 9.92 Å². The zero-order valence-electron chi connectivity index (χ0n) is 7.48. The summed E-state index contributed by atoms with van der Waals surface area (Å²) in [7, 11) is 1.37. The van der Waals surface area contributed by atoms with Crippen molar-refractivity contribution >= 4 is 37.0 Å². The Balaban J connectivity index is 2.78. The van der Waals surface area contributed by atoms with E-state index in [-0.39, 0.29) is 4.90 Å². The summed E-state index contributed by atoms with van der Waals surface area (Å²) in [5.41, 5.74) is 0.978. The molecular weight excluding hydrogens is 261 g/mol. The monoisotopic (exact) mass is 265 g/mol. The van der Waals surface area contributed by atoms with Crippen molar-refractivity contribution in [3.8, 4) is 0 Å². The molecule has 2 aromatic heterocycles. The van der Waals surface area contributed by atoms with E-state index in [9.17, 15) is 8.42 Å². The Morgan fingerprint density at radius 2 is 2.13 bits per heavy atom. The Morgan fingerprint density at radius 3 is 2.73 bits per heavy atom. The predicted molar refractivity (Wildman–Crippen MR) is 55.8 cm³/mol. The maximum Gasteiger partial charge on any atom is 0.264 e. The summed E-state index contributed by atoms with van der Waals surface area (Å²) in [5, 5.41) is 4.38. The number of nitrogens with zero attached hydrogens (tertiary/aromatic N) is 3. The van der Waals surface area contributed by atoms with Gasteiger partial charge >= 0.3 is 0 Å². The summed E-state index contributed by atoms with van der Waals surface area (Å²) >= 11 is 5.88. The average Bonchev–Trinajstić information content (AvgIpc) is 2.41. The van der Waals surface area contributed by atoms with Gasteiger partial charge in [-0.1, -0.05) is 11.6 Å². The van der Waals surface area contributed by atoms with Crippen molar-refractivity contribution in [1.82, 2.24) is 14.6 Å². The molecule has 0 aliphatic heterocycles. The fourth-order valence-corrected chi connectivity index (χ4v) is 1.94. The van der Waals surface area contributed by atoms with Crippen molar-refractivity contribution in [3.63, 3.8) is 0 Å². The Hall–Kier alpha value is -0.850. The average molecular weight is 266 g/mol. The zero-order chi connectivity index (χ0) is 11.2. The molecule has 0 radical (unpaired) electrons. The quantitative estimate of drug-likeness (QED) is 0.736. The van der Waals surface area contributed by atoms with Crippen molar-refractivity contribution in [1.29, 1.82) is 0 Å². The van der Waals surface area contributed by atoms with E-state index in [0.717, 1.165) is 6.20 Å². The molecule has 0 aliphatic carbocycles. The molecule has 0 N–H and O–H groups in total.